The SMILES string of the molecule is CCCOc1cc(-n2cnc(C#N)n2)ccc1N. The van der Waals surface area contributed by atoms with E-state index in [1.54, 1.807) is 18.2 Å². The molecule has 0 saturated heterocycles. The first-order valence-corrected chi connectivity index (χ1v) is 5.59. The third-order valence-electron chi connectivity index (χ3n) is 2.32. The second kappa shape index (κ2) is 5.19. The van der Waals surface area contributed by atoms with Gasteiger partial charge in [0, 0.05) is 6.07 Å². The van der Waals surface area contributed by atoms with Gasteiger partial charge >= 0.3 is 0 Å². The van der Waals surface area contributed by atoms with Crippen LogP contribution in [0.5, 0.6) is 5.75 Å². The van der Waals surface area contributed by atoms with Crippen molar-refractivity contribution in [3.8, 4) is 17.5 Å². The minimum atomic E-state index is 0.128. The van der Waals surface area contributed by atoms with Crippen molar-refractivity contribution in [2.45, 2.75) is 13.3 Å². The molecule has 2 rings (SSSR count). The largest absolute Gasteiger partial charge is 0.491 e. The van der Waals surface area contributed by atoms with Crippen LogP contribution in [0.1, 0.15) is 19.2 Å². The van der Waals surface area contributed by atoms with Gasteiger partial charge < -0.3 is 10.5 Å². The molecule has 18 heavy (non-hydrogen) atoms. The van der Waals surface area contributed by atoms with Crippen LogP contribution in [0.4, 0.5) is 5.69 Å². The van der Waals surface area contributed by atoms with Crippen LogP contribution in [0.25, 0.3) is 5.69 Å². The zero-order valence-electron chi connectivity index (χ0n) is 10.00. The van der Waals surface area contributed by atoms with Gasteiger partial charge in [-0.1, -0.05) is 6.92 Å². The van der Waals surface area contributed by atoms with Crippen molar-refractivity contribution in [1.82, 2.24) is 14.8 Å². The van der Waals surface area contributed by atoms with Crippen LogP contribution in [0, 0.1) is 11.3 Å². The fourth-order valence-corrected chi connectivity index (χ4v) is 1.44. The lowest BCUT2D eigenvalue weighted by molar-refractivity contribution is 0.319. The summed E-state index contributed by atoms with van der Waals surface area (Å²) in [4.78, 5) is 3.84. The zero-order valence-corrected chi connectivity index (χ0v) is 10.00. The maximum absolute atomic E-state index is 8.68. The van der Waals surface area contributed by atoms with Crippen LogP contribution in [-0.2, 0) is 0 Å². The average molecular weight is 243 g/mol. The maximum Gasteiger partial charge on any atom is 0.252 e. The van der Waals surface area contributed by atoms with E-state index in [4.69, 9.17) is 15.7 Å². The summed E-state index contributed by atoms with van der Waals surface area (Å²) in [5, 5.41) is 12.7. The molecule has 0 unspecified atom stereocenters. The van der Waals surface area contributed by atoms with Gasteiger partial charge in [0.1, 0.15) is 18.1 Å². The molecule has 0 bridgehead atoms. The molecule has 6 heteroatoms. The van der Waals surface area contributed by atoms with E-state index in [2.05, 4.69) is 10.1 Å². The Kier molecular flexibility index (Phi) is 3.44. The molecule has 0 aliphatic carbocycles. The standard InChI is InChI=1S/C12H13N5O/c1-2-5-18-11-6-9(3-4-10(11)14)17-8-15-12(7-13)16-17/h3-4,6,8H,2,5,14H2,1H3. The molecule has 6 nitrogen and oxygen atoms in total. The number of benzene rings is 1. The van der Waals surface area contributed by atoms with Gasteiger partial charge in [-0.05, 0) is 18.6 Å². The molecule has 0 spiro atoms. The van der Waals surface area contributed by atoms with Crippen molar-refractivity contribution in [1.29, 1.82) is 5.26 Å². The molecule has 0 radical (unpaired) electrons. The molecule has 1 heterocycles. The molecule has 0 atom stereocenters. The Balaban J connectivity index is 2.31. The molecule has 1 aromatic carbocycles. The monoisotopic (exact) mass is 243 g/mol. The van der Waals surface area contributed by atoms with Crippen LogP contribution in [0.3, 0.4) is 0 Å². The van der Waals surface area contributed by atoms with Crippen molar-refractivity contribution < 1.29 is 4.74 Å². The number of hydrogen-bond donors (Lipinski definition) is 1. The second-order valence-electron chi connectivity index (χ2n) is 3.70. The molecule has 2 N–H and O–H groups in total. The normalized spacial score (nSPS) is 10.0. The lowest BCUT2D eigenvalue weighted by atomic mass is 10.2. The van der Waals surface area contributed by atoms with Gasteiger partial charge in [0.15, 0.2) is 0 Å². The summed E-state index contributed by atoms with van der Waals surface area (Å²) < 4.78 is 7.04. The minimum absolute atomic E-state index is 0.128. The Labute approximate surface area is 105 Å². The Morgan fingerprint density at radius 1 is 1.50 bits per heavy atom. The summed E-state index contributed by atoms with van der Waals surface area (Å²) >= 11 is 0. The Morgan fingerprint density at radius 2 is 2.33 bits per heavy atom. The van der Waals surface area contributed by atoms with Crippen LogP contribution in [0.15, 0.2) is 24.5 Å². The van der Waals surface area contributed by atoms with E-state index in [0.29, 0.717) is 18.0 Å². The number of ether oxygens (including phenoxy) is 1. The molecule has 0 saturated carbocycles. The number of aromatic nitrogens is 3. The number of nitrogens with zero attached hydrogens (tertiary/aromatic N) is 4. The lowest BCUT2D eigenvalue weighted by Gasteiger charge is -2.09. The first-order valence-electron chi connectivity index (χ1n) is 5.59. The predicted molar refractivity (Wildman–Crippen MR) is 66.3 cm³/mol. The number of nitriles is 1. The summed E-state index contributed by atoms with van der Waals surface area (Å²) in [7, 11) is 0. The summed E-state index contributed by atoms with van der Waals surface area (Å²) in [5.41, 5.74) is 7.15. The van der Waals surface area contributed by atoms with Crippen LogP contribution < -0.4 is 10.5 Å². The number of nitrogen functional groups attached to an aromatic ring is 1. The van der Waals surface area contributed by atoms with Gasteiger partial charge in [0.2, 0.25) is 0 Å². The van der Waals surface area contributed by atoms with Gasteiger partial charge in [-0.2, -0.15) is 5.26 Å². The summed E-state index contributed by atoms with van der Waals surface area (Å²) in [6.07, 6.45) is 2.39. The van der Waals surface area contributed by atoms with Crippen molar-refractivity contribution >= 4 is 5.69 Å². The highest BCUT2D eigenvalue weighted by Gasteiger charge is 2.06. The number of hydrogen-bond acceptors (Lipinski definition) is 5. The van der Waals surface area contributed by atoms with E-state index in [1.807, 2.05) is 13.0 Å². The first kappa shape index (κ1) is 11.9. The molecular weight excluding hydrogens is 230 g/mol. The molecule has 0 fully saturated rings. The second-order valence-corrected chi connectivity index (χ2v) is 3.70. The molecule has 0 amide bonds. The molecule has 1 aromatic heterocycles. The van der Waals surface area contributed by atoms with Crippen molar-refractivity contribution in [2.75, 3.05) is 12.3 Å². The quantitative estimate of drug-likeness (QED) is 0.822. The minimum Gasteiger partial charge on any atom is -0.491 e. The van der Waals surface area contributed by atoms with Crippen LogP contribution >= 0.6 is 0 Å². The van der Waals surface area contributed by atoms with E-state index in [1.165, 1.54) is 11.0 Å². The summed E-state index contributed by atoms with van der Waals surface area (Å²) in [5.74, 6) is 0.742. The fourth-order valence-electron chi connectivity index (χ4n) is 1.44. The zero-order chi connectivity index (χ0) is 13.0. The van der Waals surface area contributed by atoms with E-state index in [0.717, 1.165) is 12.1 Å². The van der Waals surface area contributed by atoms with Crippen LogP contribution in [0.2, 0.25) is 0 Å². The topological polar surface area (TPSA) is 89.8 Å². The van der Waals surface area contributed by atoms with Gasteiger partial charge in [-0.15, -0.1) is 5.10 Å². The van der Waals surface area contributed by atoms with Gasteiger partial charge in [0.25, 0.3) is 5.82 Å². The van der Waals surface area contributed by atoms with E-state index >= 15 is 0 Å². The molecule has 2 aromatic rings. The van der Waals surface area contributed by atoms with E-state index in [-0.39, 0.29) is 5.82 Å². The highest BCUT2D eigenvalue weighted by molar-refractivity contribution is 5.57. The summed E-state index contributed by atoms with van der Waals surface area (Å²) in [6, 6.07) is 7.20. The third-order valence-corrected chi connectivity index (χ3v) is 2.32. The van der Waals surface area contributed by atoms with Crippen LogP contribution in [-0.4, -0.2) is 21.4 Å². The molecule has 0 aliphatic heterocycles. The fraction of sp³-hybridized carbons (Fsp3) is 0.250. The maximum atomic E-state index is 8.68. The van der Waals surface area contributed by atoms with Crippen molar-refractivity contribution in [3.05, 3.63) is 30.4 Å². The van der Waals surface area contributed by atoms with Gasteiger partial charge in [-0.3, -0.25) is 0 Å². The lowest BCUT2D eigenvalue weighted by Crippen LogP contribution is -2.01. The van der Waals surface area contributed by atoms with E-state index in [9.17, 15) is 0 Å². The Hall–Kier alpha value is -2.55. The highest BCUT2D eigenvalue weighted by Crippen LogP contribution is 2.24. The smallest absolute Gasteiger partial charge is 0.252 e. The first-order chi connectivity index (χ1) is 8.74. The number of nitrogens with two attached hydrogens (primary N) is 1. The average Bonchev–Trinajstić information content (AvgIpc) is 2.86. The Morgan fingerprint density at radius 3 is 3.00 bits per heavy atom. The van der Waals surface area contributed by atoms with Gasteiger partial charge in [-0.25, -0.2) is 9.67 Å². The number of anilines is 1. The third kappa shape index (κ3) is 2.40. The molecule has 92 valence electrons. The predicted octanol–water partition coefficient (Wildman–Crippen LogP) is 1.51. The van der Waals surface area contributed by atoms with Crippen molar-refractivity contribution in [3.63, 3.8) is 0 Å². The molecular formula is C12H13N5O. The van der Waals surface area contributed by atoms with E-state index < -0.39 is 0 Å². The van der Waals surface area contributed by atoms with Crippen molar-refractivity contribution in [2.24, 2.45) is 0 Å². The summed E-state index contributed by atoms with van der Waals surface area (Å²) in [6.45, 7) is 2.63. The highest BCUT2D eigenvalue weighted by atomic mass is 16.5. The Bertz CT molecular complexity index is 584. The number of rotatable bonds is 4. The van der Waals surface area contributed by atoms with Gasteiger partial charge in [0.05, 0.1) is 18.0 Å². The molecule has 0 aliphatic rings.